The van der Waals surface area contributed by atoms with E-state index in [4.69, 9.17) is 10.5 Å². The Morgan fingerprint density at radius 2 is 2.31 bits per heavy atom. The van der Waals surface area contributed by atoms with Crippen LogP contribution in [0.15, 0.2) is 22.7 Å². The predicted molar refractivity (Wildman–Crippen MR) is 54.6 cm³/mol. The first-order chi connectivity index (χ1) is 6.15. The smallest absolute Gasteiger partial charge is 0.115 e. The maximum absolute atomic E-state index is 9.24. The SMILES string of the molecule is COCC(N)c1cc(O)ccc1Br. The molecule has 4 heteroatoms. The van der Waals surface area contributed by atoms with E-state index < -0.39 is 0 Å². The fraction of sp³-hybridized carbons (Fsp3) is 0.333. The fourth-order valence-corrected chi connectivity index (χ4v) is 1.63. The lowest BCUT2D eigenvalue weighted by Gasteiger charge is -2.12. The molecule has 0 amide bonds. The van der Waals surface area contributed by atoms with E-state index in [1.54, 1.807) is 25.3 Å². The second-order valence-electron chi connectivity index (χ2n) is 2.77. The maximum Gasteiger partial charge on any atom is 0.115 e. The largest absolute Gasteiger partial charge is 0.508 e. The van der Waals surface area contributed by atoms with Gasteiger partial charge in [0.15, 0.2) is 0 Å². The molecule has 72 valence electrons. The Labute approximate surface area is 85.6 Å². The van der Waals surface area contributed by atoms with Gasteiger partial charge in [-0.15, -0.1) is 0 Å². The van der Waals surface area contributed by atoms with Crippen LogP contribution in [0.1, 0.15) is 11.6 Å². The fourth-order valence-electron chi connectivity index (χ4n) is 1.08. The first-order valence-electron chi connectivity index (χ1n) is 3.88. The van der Waals surface area contributed by atoms with Crippen molar-refractivity contribution < 1.29 is 9.84 Å². The Morgan fingerprint density at radius 1 is 1.62 bits per heavy atom. The summed E-state index contributed by atoms with van der Waals surface area (Å²) in [7, 11) is 1.59. The molecule has 0 spiro atoms. The summed E-state index contributed by atoms with van der Waals surface area (Å²) in [5.74, 6) is 0.213. The van der Waals surface area contributed by atoms with Crippen LogP contribution in [0.3, 0.4) is 0 Å². The number of aromatic hydroxyl groups is 1. The van der Waals surface area contributed by atoms with Gasteiger partial charge >= 0.3 is 0 Å². The quantitative estimate of drug-likeness (QED) is 0.854. The van der Waals surface area contributed by atoms with Gasteiger partial charge in [-0.1, -0.05) is 15.9 Å². The lowest BCUT2D eigenvalue weighted by atomic mass is 10.1. The van der Waals surface area contributed by atoms with Crippen LogP contribution in [0.4, 0.5) is 0 Å². The van der Waals surface area contributed by atoms with Crippen molar-refractivity contribution in [3.05, 3.63) is 28.2 Å². The van der Waals surface area contributed by atoms with Crippen LogP contribution in [-0.4, -0.2) is 18.8 Å². The van der Waals surface area contributed by atoms with Crippen LogP contribution in [0.5, 0.6) is 5.75 Å². The van der Waals surface area contributed by atoms with Gasteiger partial charge in [-0.2, -0.15) is 0 Å². The summed E-state index contributed by atoms with van der Waals surface area (Å²) in [4.78, 5) is 0. The summed E-state index contributed by atoms with van der Waals surface area (Å²) in [6.45, 7) is 0.433. The molecule has 1 aromatic carbocycles. The van der Waals surface area contributed by atoms with Crippen molar-refractivity contribution in [3.63, 3.8) is 0 Å². The second-order valence-corrected chi connectivity index (χ2v) is 3.62. The number of phenolic OH excluding ortho intramolecular Hbond substituents is 1. The average Bonchev–Trinajstić information content (AvgIpc) is 2.09. The number of rotatable bonds is 3. The molecule has 0 radical (unpaired) electrons. The van der Waals surface area contributed by atoms with E-state index in [0.29, 0.717) is 6.61 Å². The summed E-state index contributed by atoms with van der Waals surface area (Å²) in [6.07, 6.45) is 0. The Bertz CT molecular complexity index is 291. The molecule has 0 saturated carbocycles. The van der Waals surface area contributed by atoms with Crippen LogP contribution < -0.4 is 5.73 Å². The number of halogens is 1. The van der Waals surface area contributed by atoms with E-state index in [-0.39, 0.29) is 11.8 Å². The molecule has 0 aliphatic carbocycles. The van der Waals surface area contributed by atoms with Crippen LogP contribution in [0.2, 0.25) is 0 Å². The summed E-state index contributed by atoms with van der Waals surface area (Å²) in [5, 5.41) is 9.24. The molecule has 1 unspecified atom stereocenters. The Hall–Kier alpha value is -0.580. The molecule has 0 fully saturated rings. The van der Waals surface area contributed by atoms with E-state index in [1.165, 1.54) is 0 Å². The van der Waals surface area contributed by atoms with Gasteiger partial charge in [-0.3, -0.25) is 0 Å². The zero-order valence-electron chi connectivity index (χ0n) is 7.33. The monoisotopic (exact) mass is 245 g/mol. The lowest BCUT2D eigenvalue weighted by molar-refractivity contribution is 0.180. The first-order valence-corrected chi connectivity index (χ1v) is 4.67. The van der Waals surface area contributed by atoms with Gasteiger partial charge in [0.1, 0.15) is 5.75 Å². The minimum Gasteiger partial charge on any atom is -0.508 e. The molecule has 0 saturated heterocycles. The molecule has 1 rings (SSSR count). The van der Waals surface area contributed by atoms with Crippen molar-refractivity contribution in [1.82, 2.24) is 0 Å². The van der Waals surface area contributed by atoms with Crippen molar-refractivity contribution in [2.45, 2.75) is 6.04 Å². The highest BCUT2D eigenvalue weighted by atomic mass is 79.9. The molecule has 1 aromatic rings. The van der Waals surface area contributed by atoms with Gasteiger partial charge in [0.05, 0.1) is 12.6 Å². The van der Waals surface area contributed by atoms with E-state index in [2.05, 4.69) is 15.9 Å². The van der Waals surface area contributed by atoms with E-state index in [0.717, 1.165) is 10.0 Å². The van der Waals surface area contributed by atoms with Crippen molar-refractivity contribution in [2.75, 3.05) is 13.7 Å². The van der Waals surface area contributed by atoms with Crippen LogP contribution in [0, 0.1) is 0 Å². The number of ether oxygens (including phenoxy) is 1. The molecule has 0 aliphatic heterocycles. The molecular formula is C9H12BrNO2. The third-order valence-corrected chi connectivity index (χ3v) is 2.45. The van der Waals surface area contributed by atoms with Gasteiger partial charge < -0.3 is 15.6 Å². The van der Waals surface area contributed by atoms with Crippen LogP contribution in [0.25, 0.3) is 0 Å². The second kappa shape index (κ2) is 4.60. The van der Waals surface area contributed by atoms with Gasteiger partial charge in [0.25, 0.3) is 0 Å². The topological polar surface area (TPSA) is 55.5 Å². The number of benzene rings is 1. The molecule has 1 atom stereocenters. The van der Waals surface area contributed by atoms with Crippen molar-refractivity contribution in [3.8, 4) is 5.75 Å². The molecule has 3 nitrogen and oxygen atoms in total. The molecule has 0 heterocycles. The number of methoxy groups -OCH3 is 1. The number of phenols is 1. The molecular weight excluding hydrogens is 234 g/mol. The highest BCUT2D eigenvalue weighted by Gasteiger charge is 2.09. The van der Waals surface area contributed by atoms with Crippen molar-refractivity contribution in [2.24, 2.45) is 5.73 Å². The van der Waals surface area contributed by atoms with E-state index in [1.807, 2.05) is 0 Å². The van der Waals surface area contributed by atoms with Crippen molar-refractivity contribution >= 4 is 15.9 Å². The Morgan fingerprint density at radius 3 is 2.92 bits per heavy atom. The standard InChI is InChI=1S/C9H12BrNO2/c1-13-5-9(11)7-4-6(12)2-3-8(7)10/h2-4,9,12H,5,11H2,1H3. The summed E-state index contributed by atoms with van der Waals surface area (Å²) >= 11 is 3.35. The minimum atomic E-state index is -0.216. The summed E-state index contributed by atoms with van der Waals surface area (Å²) < 4.78 is 5.81. The number of hydrogen-bond donors (Lipinski definition) is 2. The Balaban J connectivity index is 2.91. The maximum atomic E-state index is 9.24. The first kappa shape index (κ1) is 10.5. The van der Waals surface area contributed by atoms with Crippen LogP contribution >= 0.6 is 15.9 Å². The van der Waals surface area contributed by atoms with Gasteiger partial charge in [0.2, 0.25) is 0 Å². The normalized spacial score (nSPS) is 12.8. The summed E-state index contributed by atoms with van der Waals surface area (Å²) in [5.41, 5.74) is 6.66. The van der Waals surface area contributed by atoms with Crippen LogP contribution in [-0.2, 0) is 4.74 Å². The lowest BCUT2D eigenvalue weighted by Crippen LogP contribution is -2.16. The van der Waals surface area contributed by atoms with E-state index >= 15 is 0 Å². The third-order valence-electron chi connectivity index (χ3n) is 1.73. The zero-order valence-corrected chi connectivity index (χ0v) is 8.91. The number of nitrogens with two attached hydrogens (primary N) is 1. The number of hydrogen-bond acceptors (Lipinski definition) is 3. The minimum absolute atomic E-state index is 0.213. The summed E-state index contributed by atoms with van der Waals surface area (Å²) in [6, 6.07) is 4.78. The van der Waals surface area contributed by atoms with E-state index in [9.17, 15) is 5.11 Å². The average molecular weight is 246 g/mol. The predicted octanol–water partition coefficient (Wildman–Crippen LogP) is 1.80. The third kappa shape index (κ3) is 2.69. The van der Waals surface area contributed by atoms with Gasteiger partial charge in [-0.25, -0.2) is 0 Å². The van der Waals surface area contributed by atoms with Gasteiger partial charge in [0, 0.05) is 11.6 Å². The molecule has 0 aromatic heterocycles. The molecule has 3 N–H and O–H groups in total. The molecule has 0 aliphatic rings. The van der Waals surface area contributed by atoms with Crippen molar-refractivity contribution in [1.29, 1.82) is 0 Å². The Kier molecular flexibility index (Phi) is 3.71. The molecule has 13 heavy (non-hydrogen) atoms. The molecule has 0 bridgehead atoms. The highest BCUT2D eigenvalue weighted by Crippen LogP contribution is 2.26. The highest BCUT2D eigenvalue weighted by molar-refractivity contribution is 9.10. The van der Waals surface area contributed by atoms with Gasteiger partial charge in [-0.05, 0) is 23.8 Å². The zero-order chi connectivity index (χ0) is 9.84.